The summed E-state index contributed by atoms with van der Waals surface area (Å²) in [7, 11) is 2.16. The highest BCUT2D eigenvalue weighted by Crippen LogP contribution is 2.39. The monoisotopic (exact) mass is 818 g/mol. The highest BCUT2D eigenvalue weighted by atomic mass is 16.7. The van der Waals surface area contributed by atoms with E-state index in [2.05, 4.69) is 108 Å². The summed E-state index contributed by atoms with van der Waals surface area (Å²) in [6.07, 6.45) is 4.00. The molecule has 6 aromatic rings. The van der Waals surface area contributed by atoms with Crippen LogP contribution in [0.3, 0.4) is 0 Å². The van der Waals surface area contributed by atoms with Crippen molar-refractivity contribution in [3.8, 4) is 11.1 Å². The average molecular weight is 819 g/mol. The SMILES string of the molecule is C[C@H](c1ccc2ccccc2c1)N(C)C[C@@H]1C[C@H](c2ccc(CO)cc2)O[C@H](c2ccc(-c3ccccc3CNC(=O)CCCCCCC(=O)Nc3ccccc3N)cc2)O1. The number of amides is 2. The maximum Gasteiger partial charge on any atom is 0.224 e. The third-order valence-corrected chi connectivity index (χ3v) is 11.8. The van der Waals surface area contributed by atoms with Gasteiger partial charge in [0, 0.05) is 44.0 Å². The molecule has 7 rings (SSSR count). The van der Waals surface area contributed by atoms with Gasteiger partial charge >= 0.3 is 0 Å². The molecule has 0 radical (unpaired) electrons. The molecule has 0 aliphatic carbocycles. The molecular weight excluding hydrogens is 761 g/mol. The zero-order chi connectivity index (χ0) is 42.6. The van der Waals surface area contributed by atoms with Crippen molar-refractivity contribution in [3.63, 3.8) is 0 Å². The van der Waals surface area contributed by atoms with E-state index < -0.39 is 6.29 Å². The number of aliphatic hydroxyl groups excluding tert-OH is 1. The van der Waals surface area contributed by atoms with Gasteiger partial charge in [-0.25, -0.2) is 0 Å². The molecule has 4 atom stereocenters. The van der Waals surface area contributed by atoms with Crippen LogP contribution in [0.4, 0.5) is 11.4 Å². The summed E-state index contributed by atoms with van der Waals surface area (Å²) in [6.45, 7) is 3.39. The Morgan fingerprint density at radius 3 is 2.18 bits per heavy atom. The van der Waals surface area contributed by atoms with Crippen molar-refractivity contribution in [1.29, 1.82) is 0 Å². The van der Waals surface area contributed by atoms with Crippen LogP contribution in [-0.4, -0.2) is 41.5 Å². The van der Waals surface area contributed by atoms with E-state index in [-0.39, 0.29) is 36.7 Å². The molecule has 6 aromatic carbocycles. The van der Waals surface area contributed by atoms with E-state index in [1.165, 1.54) is 16.3 Å². The van der Waals surface area contributed by atoms with E-state index in [4.69, 9.17) is 15.2 Å². The van der Waals surface area contributed by atoms with Crippen molar-refractivity contribution in [3.05, 3.63) is 167 Å². The minimum Gasteiger partial charge on any atom is -0.397 e. The zero-order valence-corrected chi connectivity index (χ0v) is 35.3. The van der Waals surface area contributed by atoms with Crippen LogP contribution in [0, 0.1) is 0 Å². The number of carbonyl (C=O) groups excluding carboxylic acids is 2. The number of likely N-dealkylation sites (N-methyl/N-ethyl adjacent to an activating group) is 1. The van der Waals surface area contributed by atoms with Gasteiger partial charge in [-0.05, 0) is 89.2 Å². The molecule has 9 nitrogen and oxygen atoms in total. The van der Waals surface area contributed by atoms with E-state index in [1.807, 2.05) is 48.5 Å². The first-order valence-electron chi connectivity index (χ1n) is 21.5. The smallest absolute Gasteiger partial charge is 0.224 e. The number of nitrogens with one attached hydrogen (secondary N) is 2. The van der Waals surface area contributed by atoms with E-state index >= 15 is 0 Å². The van der Waals surface area contributed by atoms with Crippen LogP contribution in [-0.2, 0) is 32.2 Å². The number of rotatable bonds is 18. The number of para-hydroxylation sites is 2. The number of fused-ring (bicyclic) bond motifs is 1. The first-order valence-corrected chi connectivity index (χ1v) is 21.5. The summed E-state index contributed by atoms with van der Waals surface area (Å²) in [5.74, 6) is -0.0353. The summed E-state index contributed by atoms with van der Waals surface area (Å²) in [6, 6.07) is 47.1. The Bertz CT molecular complexity index is 2370. The number of hydrogen-bond acceptors (Lipinski definition) is 7. The minimum atomic E-state index is -0.569. The lowest BCUT2D eigenvalue weighted by molar-refractivity contribution is -0.253. The summed E-state index contributed by atoms with van der Waals surface area (Å²) < 4.78 is 13.4. The Morgan fingerprint density at radius 2 is 1.43 bits per heavy atom. The number of unbranched alkanes of at least 4 members (excludes halogenated alkanes) is 3. The fourth-order valence-electron chi connectivity index (χ4n) is 8.04. The third-order valence-electron chi connectivity index (χ3n) is 11.8. The van der Waals surface area contributed by atoms with Gasteiger partial charge in [-0.2, -0.15) is 0 Å². The standard InChI is InChI=1S/C52H58N4O5/c1-36(42-30-25-38-13-7-8-14-43(38)31-42)56(2)34-45-32-49(40-23-21-37(35-57)22-24-40)61-52(60-45)41-28-26-39(27-29-41)46-16-10-9-15-44(46)33-54-50(58)19-5-3-4-6-20-51(59)55-48-18-12-11-17-47(48)53/h7-18,21-31,36,45,49,52,57H,3-6,19-20,32-35,53H2,1-2H3,(H,54,58)(H,55,59)/t36-,45+,49-,52-/m1/s1. The molecule has 61 heavy (non-hydrogen) atoms. The molecule has 0 unspecified atom stereocenters. The lowest BCUT2D eigenvalue weighted by Crippen LogP contribution is -2.38. The van der Waals surface area contributed by atoms with Crippen molar-refractivity contribution in [2.75, 3.05) is 24.6 Å². The number of ether oxygens (including phenoxy) is 2. The Balaban J connectivity index is 0.941. The Kier molecular flexibility index (Phi) is 15.0. The molecule has 0 spiro atoms. The van der Waals surface area contributed by atoms with Crippen LogP contribution < -0.4 is 16.4 Å². The Labute approximate surface area is 359 Å². The second-order valence-corrected chi connectivity index (χ2v) is 16.2. The molecule has 1 aliphatic heterocycles. The zero-order valence-electron chi connectivity index (χ0n) is 35.3. The fourth-order valence-corrected chi connectivity index (χ4v) is 8.04. The van der Waals surface area contributed by atoms with Crippen LogP contribution >= 0.6 is 0 Å². The van der Waals surface area contributed by atoms with Gasteiger partial charge in [0.1, 0.15) is 0 Å². The fraction of sp³-hybridized carbons (Fsp3) is 0.308. The summed E-state index contributed by atoms with van der Waals surface area (Å²) in [5.41, 5.74) is 14.4. The van der Waals surface area contributed by atoms with E-state index in [9.17, 15) is 14.7 Å². The molecule has 1 heterocycles. The van der Waals surface area contributed by atoms with Gasteiger partial charge < -0.3 is 30.9 Å². The van der Waals surface area contributed by atoms with Gasteiger partial charge in [-0.15, -0.1) is 0 Å². The number of anilines is 2. The van der Waals surface area contributed by atoms with Gasteiger partial charge in [-0.1, -0.05) is 134 Å². The molecule has 0 bridgehead atoms. The lowest BCUT2D eigenvalue weighted by Gasteiger charge is -2.39. The van der Waals surface area contributed by atoms with Crippen LogP contribution in [0.5, 0.6) is 0 Å². The summed E-state index contributed by atoms with van der Waals surface area (Å²) in [5, 5.41) is 18.1. The van der Waals surface area contributed by atoms with Crippen molar-refractivity contribution in [1.82, 2.24) is 10.2 Å². The molecular formula is C52H58N4O5. The normalized spacial score (nSPS) is 17.0. The molecule has 9 heteroatoms. The molecule has 5 N–H and O–H groups in total. The number of carbonyl (C=O) groups is 2. The topological polar surface area (TPSA) is 126 Å². The maximum absolute atomic E-state index is 12.8. The molecule has 1 aliphatic rings. The van der Waals surface area contributed by atoms with E-state index in [1.54, 1.807) is 12.1 Å². The van der Waals surface area contributed by atoms with Crippen LogP contribution in [0.1, 0.15) is 98.1 Å². The van der Waals surface area contributed by atoms with Crippen LogP contribution in [0.15, 0.2) is 140 Å². The third kappa shape index (κ3) is 11.7. The van der Waals surface area contributed by atoms with Gasteiger partial charge in [0.05, 0.1) is 30.2 Å². The first kappa shape index (κ1) is 43.3. The molecule has 1 fully saturated rings. The lowest BCUT2D eigenvalue weighted by atomic mass is 9.97. The number of nitrogens with two attached hydrogens (primary N) is 1. The van der Waals surface area contributed by atoms with Gasteiger partial charge in [0.25, 0.3) is 0 Å². The molecule has 0 aromatic heterocycles. The highest BCUT2D eigenvalue weighted by Gasteiger charge is 2.33. The Hall–Kier alpha value is -5.84. The molecule has 0 saturated carbocycles. The summed E-state index contributed by atoms with van der Waals surface area (Å²) in [4.78, 5) is 27.5. The number of benzene rings is 6. The maximum atomic E-state index is 12.8. The van der Waals surface area contributed by atoms with E-state index in [0.717, 1.165) is 65.6 Å². The quantitative estimate of drug-likeness (QED) is 0.0503. The molecule has 316 valence electrons. The van der Waals surface area contributed by atoms with Crippen molar-refractivity contribution >= 4 is 34.0 Å². The summed E-state index contributed by atoms with van der Waals surface area (Å²) >= 11 is 0. The predicted octanol–water partition coefficient (Wildman–Crippen LogP) is 10.4. The predicted molar refractivity (Wildman–Crippen MR) is 244 cm³/mol. The number of nitrogen functional groups attached to an aromatic ring is 1. The van der Waals surface area contributed by atoms with Gasteiger partial charge in [0.15, 0.2) is 6.29 Å². The molecule has 1 saturated heterocycles. The van der Waals surface area contributed by atoms with Crippen molar-refractivity contribution in [2.45, 2.75) is 89.6 Å². The van der Waals surface area contributed by atoms with E-state index in [0.29, 0.717) is 37.2 Å². The minimum absolute atomic E-state index is 0.00355. The van der Waals surface area contributed by atoms with Crippen molar-refractivity contribution in [2.24, 2.45) is 0 Å². The Morgan fingerprint density at radius 1 is 0.754 bits per heavy atom. The highest BCUT2D eigenvalue weighted by molar-refractivity contribution is 5.93. The van der Waals surface area contributed by atoms with Crippen molar-refractivity contribution < 1.29 is 24.2 Å². The number of nitrogens with zero attached hydrogens (tertiary/aromatic N) is 1. The van der Waals surface area contributed by atoms with Crippen LogP contribution in [0.25, 0.3) is 21.9 Å². The number of aliphatic hydroxyl groups is 1. The largest absolute Gasteiger partial charge is 0.397 e. The first-order chi connectivity index (χ1) is 29.7. The molecule has 2 amide bonds. The van der Waals surface area contributed by atoms with Gasteiger partial charge in [-0.3, -0.25) is 14.5 Å². The van der Waals surface area contributed by atoms with Gasteiger partial charge in [0.2, 0.25) is 11.8 Å². The second-order valence-electron chi connectivity index (χ2n) is 16.2. The van der Waals surface area contributed by atoms with Crippen LogP contribution in [0.2, 0.25) is 0 Å². The second kappa shape index (κ2) is 21.1. The average Bonchev–Trinajstić information content (AvgIpc) is 3.29. The number of hydrogen-bond donors (Lipinski definition) is 4.